The lowest BCUT2D eigenvalue weighted by Gasteiger charge is -2.08. The van der Waals surface area contributed by atoms with Crippen LogP contribution in [0, 0.1) is 6.92 Å². The molecular weight excluding hydrogens is 262 g/mol. The van der Waals surface area contributed by atoms with Gasteiger partial charge in [0.1, 0.15) is 5.75 Å². The SMILES string of the molecule is COc1cc(NC(=O)c2cccc(C)c2)ccc1Cl. The van der Waals surface area contributed by atoms with E-state index in [1.54, 1.807) is 24.3 Å². The number of aryl methyl sites for hydroxylation is 1. The summed E-state index contributed by atoms with van der Waals surface area (Å²) in [6, 6.07) is 12.5. The lowest BCUT2D eigenvalue weighted by Crippen LogP contribution is -2.11. The predicted octanol–water partition coefficient (Wildman–Crippen LogP) is 3.91. The van der Waals surface area contributed by atoms with E-state index in [1.807, 2.05) is 25.1 Å². The highest BCUT2D eigenvalue weighted by Gasteiger charge is 2.08. The number of halogens is 1. The molecule has 2 aromatic rings. The van der Waals surface area contributed by atoms with Crippen LogP contribution in [0.2, 0.25) is 5.02 Å². The van der Waals surface area contributed by atoms with Crippen molar-refractivity contribution in [3.63, 3.8) is 0 Å². The Kier molecular flexibility index (Phi) is 4.07. The van der Waals surface area contributed by atoms with E-state index in [4.69, 9.17) is 16.3 Å². The largest absolute Gasteiger partial charge is 0.495 e. The normalized spacial score (nSPS) is 10.1. The number of carbonyl (C=O) groups excluding carboxylic acids is 1. The summed E-state index contributed by atoms with van der Waals surface area (Å²) in [4.78, 5) is 12.1. The van der Waals surface area contributed by atoms with E-state index in [-0.39, 0.29) is 5.91 Å². The van der Waals surface area contributed by atoms with Gasteiger partial charge in [-0.05, 0) is 31.2 Å². The maximum Gasteiger partial charge on any atom is 0.255 e. The predicted molar refractivity (Wildman–Crippen MR) is 77.1 cm³/mol. The van der Waals surface area contributed by atoms with Crippen LogP contribution < -0.4 is 10.1 Å². The van der Waals surface area contributed by atoms with Crippen LogP contribution in [0.1, 0.15) is 15.9 Å². The number of amides is 1. The van der Waals surface area contributed by atoms with Crippen molar-refractivity contribution in [1.82, 2.24) is 0 Å². The maximum atomic E-state index is 12.1. The molecule has 0 aromatic heterocycles. The molecule has 19 heavy (non-hydrogen) atoms. The monoisotopic (exact) mass is 275 g/mol. The third-order valence-electron chi connectivity index (χ3n) is 2.69. The zero-order valence-corrected chi connectivity index (χ0v) is 11.5. The zero-order valence-electron chi connectivity index (χ0n) is 10.7. The van der Waals surface area contributed by atoms with E-state index in [0.717, 1.165) is 5.56 Å². The number of rotatable bonds is 3. The molecule has 2 aromatic carbocycles. The van der Waals surface area contributed by atoms with Gasteiger partial charge in [0.25, 0.3) is 5.91 Å². The van der Waals surface area contributed by atoms with Crippen LogP contribution >= 0.6 is 11.6 Å². The van der Waals surface area contributed by atoms with Gasteiger partial charge < -0.3 is 10.1 Å². The molecule has 0 bridgehead atoms. The van der Waals surface area contributed by atoms with Gasteiger partial charge in [-0.3, -0.25) is 4.79 Å². The van der Waals surface area contributed by atoms with E-state index in [2.05, 4.69) is 5.32 Å². The van der Waals surface area contributed by atoms with Gasteiger partial charge in [-0.15, -0.1) is 0 Å². The number of ether oxygens (including phenoxy) is 1. The summed E-state index contributed by atoms with van der Waals surface area (Å²) in [5.74, 6) is 0.372. The molecule has 1 N–H and O–H groups in total. The van der Waals surface area contributed by atoms with E-state index in [9.17, 15) is 4.79 Å². The Labute approximate surface area is 117 Å². The second-order valence-corrected chi connectivity index (χ2v) is 4.58. The maximum absolute atomic E-state index is 12.1. The highest BCUT2D eigenvalue weighted by atomic mass is 35.5. The Morgan fingerprint density at radius 2 is 2.00 bits per heavy atom. The summed E-state index contributed by atoms with van der Waals surface area (Å²) in [7, 11) is 1.54. The molecule has 0 fully saturated rings. The molecule has 1 amide bonds. The van der Waals surface area contributed by atoms with Gasteiger partial charge in [-0.2, -0.15) is 0 Å². The molecule has 2 rings (SSSR count). The fourth-order valence-electron chi connectivity index (χ4n) is 1.73. The molecule has 0 spiro atoms. The Morgan fingerprint density at radius 1 is 1.21 bits per heavy atom. The summed E-state index contributed by atoms with van der Waals surface area (Å²) < 4.78 is 5.11. The summed E-state index contributed by atoms with van der Waals surface area (Å²) in [6.07, 6.45) is 0. The Balaban J connectivity index is 2.19. The molecule has 0 heterocycles. The van der Waals surface area contributed by atoms with Crippen LogP contribution in [-0.4, -0.2) is 13.0 Å². The van der Waals surface area contributed by atoms with Crippen molar-refractivity contribution in [3.8, 4) is 5.75 Å². The van der Waals surface area contributed by atoms with Crippen LogP contribution in [0.3, 0.4) is 0 Å². The Morgan fingerprint density at radius 3 is 2.68 bits per heavy atom. The van der Waals surface area contributed by atoms with Crippen molar-refractivity contribution >= 4 is 23.2 Å². The molecule has 98 valence electrons. The summed E-state index contributed by atoms with van der Waals surface area (Å²) >= 11 is 5.93. The van der Waals surface area contributed by atoms with E-state index in [0.29, 0.717) is 22.0 Å². The third-order valence-corrected chi connectivity index (χ3v) is 3.00. The van der Waals surface area contributed by atoms with Gasteiger partial charge in [0.05, 0.1) is 12.1 Å². The Bertz CT molecular complexity index is 611. The third kappa shape index (κ3) is 3.26. The quantitative estimate of drug-likeness (QED) is 0.922. The second kappa shape index (κ2) is 5.76. The first-order valence-electron chi connectivity index (χ1n) is 5.81. The van der Waals surface area contributed by atoms with Gasteiger partial charge in [0.2, 0.25) is 0 Å². The average Bonchev–Trinajstić information content (AvgIpc) is 2.41. The standard InChI is InChI=1S/C15H14ClNO2/c1-10-4-3-5-11(8-10)15(18)17-12-6-7-13(16)14(9-12)19-2/h3-9H,1-2H3,(H,17,18). The van der Waals surface area contributed by atoms with Gasteiger partial charge in [-0.25, -0.2) is 0 Å². The second-order valence-electron chi connectivity index (χ2n) is 4.17. The number of benzene rings is 2. The van der Waals surface area contributed by atoms with Crippen molar-refractivity contribution in [2.24, 2.45) is 0 Å². The number of anilines is 1. The van der Waals surface area contributed by atoms with Crippen molar-refractivity contribution < 1.29 is 9.53 Å². The molecule has 4 heteroatoms. The highest BCUT2D eigenvalue weighted by molar-refractivity contribution is 6.32. The smallest absolute Gasteiger partial charge is 0.255 e. The first kappa shape index (κ1) is 13.4. The van der Waals surface area contributed by atoms with Gasteiger partial charge >= 0.3 is 0 Å². The molecule has 0 atom stereocenters. The van der Waals surface area contributed by atoms with Crippen LogP contribution in [-0.2, 0) is 0 Å². The molecule has 0 saturated heterocycles. The van der Waals surface area contributed by atoms with Crippen LogP contribution in [0.25, 0.3) is 0 Å². The number of methoxy groups -OCH3 is 1. The number of hydrogen-bond donors (Lipinski definition) is 1. The molecule has 0 aliphatic rings. The minimum absolute atomic E-state index is 0.159. The summed E-state index contributed by atoms with van der Waals surface area (Å²) in [6.45, 7) is 1.95. The fraction of sp³-hybridized carbons (Fsp3) is 0.133. The van der Waals surface area contributed by atoms with E-state index >= 15 is 0 Å². The van der Waals surface area contributed by atoms with Crippen molar-refractivity contribution in [1.29, 1.82) is 0 Å². The first-order chi connectivity index (χ1) is 9.10. The number of nitrogens with one attached hydrogen (secondary N) is 1. The van der Waals surface area contributed by atoms with Crippen LogP contribution in [0.5, 0.6) is 5.75 Å². The molecular formula is C15H14ClNO2. The highest BCUT2D eigenvalue weighted by Crippen LogP contribution is 2.27. The van der Waals surface area contributed by atoms with Crippen LogP contribution in [0.15, 0.2) is 42.5 Å². The lowest BCUT2D eigenvalue weighted by molar-refractivity contribution is 0.102. The van der Waals surface area contributed by atoms with E-state index in [1.165, 1.54) is 7.11 Å². The molecule has 0 aliphatic carbocycles. The van der Waals surface area contributed by atoms with Crippen molar-refractivity contribution in [3.05, 3.63) is 58.6 Å². The molecule has 3 nitrogen and oxygen atoms in total. The number of carbonyl (C=O) groups is 1. The molecule has 0 saturated carbocycles. The molecule has 0 unspecified atom stereocenters. The summed E-state index contributed by atoms with van der Waals surface area (Å²) in [5, 5.41) is 3.32. The van der Waals surface area contributed by atoms with Gasteiger partial charge in [0.15, 0.2) is 0 Å². The molecule has 0 aliphatic heterocycles. The average molecular weight is 276 g/mol. The first-order valence-corrected chi connectivity index (χ1v) is 6.19. The van der Waals surface area contributed by atoms with Crippen molar-refractivity contribution in [2.75, 3.05) is 12.4 Å². The van der Waals surface area contributed by atoms with Crippen LogP contribution in [0.4, 0.5) is 5.69 Å². The van der Waals surface area contributed by atoms with Crippen molar-refractivity contribution in [2.45, 2.75) is 6.92 Å². The Hall–Kier alpha value is -2.00. The molecule has 0 radical (unpaired) electrons. The number of hydrogen-bond acceptors (Lipinski definition) is 2. The van der Waals surface area contributed by atoms with Gasteiger partial charge in [0, 0.05) is 17.3 Å². The lowest BCUT2D eigenvalue weighted by atomic mass is 10.1. The topological polar surface area (TPSA) is 38.3 Å². The van der Waals surface area contributed by atoms with Gasteiger partial charge in [-0.1, -0.05) is 29.3 Å². The van der Waals surface area contributed by atoms with E-state index < -0.39 is 0 Å². The minimum atomic E-state index is -0.159. The fourth-order valence-corrected chi connectivity index (χ4v) is 1.92. The minimum Gasteiger partial charge on any atom is -0.495 e. The summed E-state index contributed by atoms with van der Waals surface area (Å²) in [5.41, 5.74) is 2.31. The zero-order chi connectivity index (χ0) is 13.8.